The first-order valence-electron chi connectivity index (χ1n) is 23.0. The van der Waals surface area contributed by atoms with E-state index in [1.54, 1.807) is 6.20 Å². The monoisotopic (exact) mass is 824 g/mol. The molecule has 2 aliphatic rings. The van der Waals surface area contributed by atoms with E-state index in [1.165, 1.54) is 51.4 Å². The van der Waals surface area contributed by atoms with Crippen LogP contribution in [-0.2, 0) is 38.5 Å². The van der Waals surface area contributed by atoms with Gasteiger partial charge >= 0.3 is 5.97 Å². The molecule has 1 aromatic heterocycles. The maximum atomic E-state index is 14.5. The van der Waals surface area contributed by atoms with Gasteiger partial charge in [0.2, 0.25) is 11.8 Å². The summed E-state index contributed by atoms with van der Waals surface area (Å²) in [5.41, 5.74) is 3.70. The molecule has 2 aromatic carbocycles. The summed E-state index contributed by atoms with van der Waals surface area (Å²) >= 11 is 0. The van der Waals surface area contributed by atoms with Gasteiger partial charge in [-0.25, -0.2) is 0 Å². The van der Waals surface area contributed by atoms with Crippen LogP contribution in [0.25, 0.3) is 0 Å². The van der Waals surface area contributed by atoms with Crippen LogP contribution in [0.4, 0.5) is 0 Å². The molecule has 0 saturated carbocycles. The number of piperazine rings is 1. The van der Waals surface area contributed by atoms with E-state index in [4.69, 9.17) is 4.74 Å². The number of esters is 1. The maximum absolute atomic E-state index is 14.5. The van der Waals surface area contributed by atoms with E-state index in [1.807, 2.05) is 93.7 Å². The first kappa shape index (κ1) is 46.9. The Hall–Kier alpha value is -4.12. The third-order valence-corrected chi connectivity index (χ3v) is 12.0. The number of carbonyl (C=O) groups is 3. The number of fused-ring (bicyclic) bond motifs is 1. The van der Waals surface area contributed by atoms with Crippen LogP contribution in [0.5, 0.6) is 0 Å². The number of hydrogen-bond acceptors (Lipinski definition) is 8. The Balaban J connectivity index is 1.20. The third kappa shape index (κ3) is 15.7. The number of nitrogens with zero attached hydrogens (tertiary/aromatic N) is 3. The second-order valence-corrected chi connectivity index (χ2v) is 18.3. The second-order valence-electron chi connectivity index (χ2n) is 18.3. The van der Waals surface area contributed by atoms with Gasteiger partial charge in [-0.2, -0.15) is 0 Å². The molecule has 10 nitrogen and oxygen atoms in total. The Kier molecular flexibility index (Phi) is 19.1. The minimum atomic E-state index is -0.866. The van der Waals surface area contributed by atoms with Gasteiger partial charge in [0.1, 0.15) is 12.1 Å². The van der Waals surface area contributed by atoms with Crippen molar-refractivity contribution >= 4 is 17.8 Å². The molecule has 1 aliphatic carbocycles. The topological polar surface area (TPSA) is 124 Å². The number of β-amino-alcohol motifs (C(OH)–C–C–N with tert-alkyl or cyclic N) is 1. The van der Waals surface area contributed by atoms with Crippen molar-refractivity contribution in [3.8, 4) is 0 Å². The van der Waals surface area contributed by atoms with Gasteiger partial charge in [-0.3, -0.25) is 29.2 Å². The van der Waals surface area contributed by atoms with E-state index in [2.05, 4.69) is 32.3 Å². The maximum Gasteiger partial charge on any atom is 0.306 e. The summed E-state index contributed by atoms with van der Waals surface area (Å²) in [6, 6.07) is 20.9. The molecule has 1 aliphatic heterocycles. The normalized spacial score (nSPS) is 19.3. The number of amides is 2. The number of aromatic nitrogens is 1. The molecule has 1 saturated heterocycles. The van der Waals surface area contributed by atoms with Gasteiger partial charge < -0.3 is 20.5 Å². The fourth-order valence-corrected chi connectivity index (χ4v) is 8.82. The van der Waals surface area contributed by atoms with E-state index in [9.17, 15) is 19.5 Å². The zero-order valence-corrected chi connectivity index (χ0v) is 37.0. The van der Waals surface area contributed by atoms with Crippen molar-refractivity contribution in [1.29, 1.82) is 0 Å². The molecular weight excluding hydrogens is 751 g/mol. The zero-order valence-electron chi connectivity index (χ0n) is 37.0. The molecule has 10 heteroatoms. The fraction of sp³-hybridized carbons (Fsp3) is 0.600. The smallest absolute Gasteiger partial charge is 0.306 e. The summed E-state index contributed by atoms with van der Waals surface area (Å²) in [6.45, 7) is 11.0. The van der Waals surface area contributed by atoms with Crippen LogP contribution >= 0.6 is 0 Å². The largest absolute Gasteiger partial charge is 0.459 e. The molecule has 1 fully saturated rings. The van der Waals surface area contributed by atoms with Crippen LogP contribution in [0.3, 0.4) is 0 Å². The van der Waals surface area contributed by atoms with Gasteiger partial charge in [-0.05, 0) is 68.4 Å². The number of hydrogen-bond donors (Lipinski definition) is 3. The number of carbonyl (C=O) groups excluding carboxylic acids is 3. The summed E-state index contributed by atoms with van der Waals surface area (Å²) in [6.07, 6.45) is 17.2. The van der Waals surface area contributed by atoms with Crippen LogP contribution in [0, 0.1) is 5.92 Å². The number of rotatable bonds is 24. The van der Waals surface area contributed by atoms with E-state index in [-0.39, 0.29) is 30.7 Å². The molecule has 60 heavy (non-hydrogen) atoms. The Labute approximate surface area is 360 Å². The summed E-state index contributed by atoms with van der Waals surface area (Å²) in [5, 5.41) is 18.2. The van der Waals surface area contributed by atoms with Gasteiger partial charge in [-0.15, -0.1) is 0 Å². The Bertz CT molecular complexity index is 1730. The van der Waals surface area contributed by atoms with E-state index in [0.29, 0.717) is 38.9 Å². The summed E-state index contributed by atoms with van der Waals surface area (Å²) in [7, 11) is 0. The van der Waals surface area contributed by atoms with Crippen molar-refractivity contribution in [1.82, 2.24) is 25.4 Å². The predicted molar refractivity (Wildman–Crippen MR) is 239 cm³/mol. The molecule has 5 rings (SSSR count). The zero-order chi connectivity index (χ0) is 42.7. The number of unbranched alkanes of at least 4 members (excludes halogenated alkanes) is 10. The molecule has 2 amide bonds. The third-order valence-electron chi connectivity index (χ3n) is 12.0. The van der Waals surface area contributed by atoms with Crippen molar-refractivity contribution in [2.24, 2.45) is 5.92 Å². The molecule has 3 aromatic rings. The summed E-state index contributed by atoms with van der Waals surface area (Å²) in [4.78, 5) is 50.0. The number of aliphatic hydroxyl groups is 1. The number of benzene rings is 2. The molecule has 2 heterocycles. The van der Waals surface area contributed by atoms with Crippen LogP contribution in [0.2, 0.25) is 0 Å². The van der Waals surface area contributed by atoms with Gasteiger partial charge in [0.05, 0.1) is 12.1 Å². The summed E-state index contributed by atoms with van der Waals surface area (Å²) < 4.78 is 6.14. The molecular formula is C50H73N5O5. The lowest BCUT2D eigenvalue weighted by molar-refractivity contribution is -0.151. The van der Waals surface area contributed by atoms with Crippen LogP contribution < -0.4 is 10.6 Å². The number of aliphatic hydroxyl groups excluding tert-OH is 1. The van der Waals surface area contributed by atoms with Crippen LogP contribution in [0.1, 0.15) is 139 Å². The van der Waals surface area contributed by atoms with Crippen molar-refractivity contribution in [2.45, 2.75) is 160 Å². The Morgan fingerprint density at radius 1 is 0.850 bits per heavy atom. The highest BCUT2D eigenvalue weighted by atomic mass is 16.5. The van der Waals surface area contributed by atoms with Gasteiger partial charge in [0.25, 0.3) is 0 Å². The summed E-state index contributed by atoms with van der Waals surface area (Å²) in [5.74, 6) is -1.04. The molecule has 5 atom stereocenters. The van der Waals surface area contributed by atoms with Crippen LogP contribution in [-0.4, -0.2) is 87.6 Å². The number of pyridine rings is 1. The highest BCUT2D eigenvalue weighted by Crippen LogP contribution is 2.34. The lowest BCUT2D eigenvalue weighted by atomic mass is 9.91. The lowest BCUT2D eigenvalue weighted by Gasteiger charge is -2.42. The lowest BCUT2D eigenvalue weighted by Crippen LogP contribution is -2.61. The first-order chi connectivity index (χ1) is 29.0. The number of ether oxygens (including phenoxy) is 1. The molecule has 0 unspecified atom stereocenters. The van der Waals surface area contributed by atoms with Crippen LogP contribution in [0.15, 0.2) is 79.1 Å². The highest BCUT2D eigenvalue weighted by Gasteiger charge is 2.39. The van der Waals surface area contributed by atoms with Crippen molar-refractivity contribution in [2.75, 3.05) is 26.2 Å². The van der Waals surface area contributed by atoms with E-state index >= 15 is 0 Å². The van der Waals surface area contributed by atoms with Gasteiger partial charge in [0, 0.05) is 69.4 Å². The minimum absolute atomic E-state index is 0.0758. The predicted octanol–water partition coefficient (Wildman–Crippen LogP) is 8.12. The van der Waals surface area contributed by atoms with Crippen molar-refractivity contribution in [3.63, 3.8) is 0 Å². The number of nitrogens with one attached hydrogen (secondary N) is 2. The Morgan fingerprint density at radius 3 is 2.20 bits per heavy atom. The van der Waals surface area contributed by atoms with Gasteiger partial charge in [-0.1, -0.05) is 132 Å². The molecule has 0 bridgehead atoms. The molecule has 328 valence electrons. The fourth-order valence-electron chi connectivity index (χ4n) is 8.82. The van der Waals surface area contributed by atoms with E-state index < -0.39 is 35.7 Å². The minimum Gasteiger partial charge on any atom is -0.459 e. The SMILES string of the molecule is CCCCCCCCCCCCCC(=O)O[C@@H]1Cc2ccccc2[C@@H]1NC(=O)[C@@H](Cc1ccccc1)C[C@H](O)CN1CCN(Cc2cccnc2)C[C@H]1C(=O)NC(C)(C)C. The Morgan fingerprint density at radius 2 is 1.52 bits per heavy atom. The molecule has 0 radical (unpaired) electrons. The average Bonchev–Trinajstić information content (AvgIpc) is 3.56. The first-order valence-corrected chi connectivity index (χ1v) is 23.0. The standard InChI is InChI=1S/C50H73N5O5/c1-5-6-7-8-9-10-11-12-13-14-18-27-46(57)60-45-33-40-25-19-20-26-43(40)47(45)52-48(58)41(31-38-22-16-15-17-23-38)32-42(56)36-55-30-29-54(35-39-24-21-28-51-34-39)37-44(55)49(59)53-50(2,3)4/h15-17,19-26,28,34,41-42,44-45,47,56H,5-14,18,27,29-33,35-37H2,1-4H3,(H,52,58)(H,53,59)/t41-,42-,44-,45+,47-/m0/s1. The van der Waals surface area contributed by atoms with E-state index in [0.717, 1.165) is 48.1 Å². The highest BCUT2D eigenvalue weighted by molar-refractivity contribution is 5.83. The van der Waals surface area contributed by atoms with Crippen molar-refractivity contribution < 1.29 is 24.2 Å². The van der Waals surface area contributed by atoms with Crippen molar-refractivity contribution in [3.05, 3.63) is 101 Å². The average molecular weight is 824 g/mol. The second kappa shape index (κ2) is 24.4. The van der Waals surface area contributed by atoms with Gasteiger partial charge in [0.15, 0.2) is 0 Å². The quantitative estimate of drug-likeness (QED) is 0.0612. The molecule has 3 N–H and O–H groups in total. The molecule has 0 spiro atoms.